The van der Waals surface area contributed by atoms with Crippen LogP contribution >= 0.6 is 11.3 Å². The number of hydrogen-bond acceptors (Lipinski definition) is 6. The number of carbonyl (C=O) groups excluding carboxylic acids is 2. The first-order valence-electron chi connectivity index (χ1n) is 17.4. The molecule has 52 heavy (non-hydrogen) atoms. The zero-order valence-electron chi connectivity index (χ0n) is 31.8. The molecule has 290 valence electrons. The van der Waals surface area contributed by atoms with Crippen LogP contribution in [0.2, 0.25) is 34.8 Å². The topological polar surface area (TPSA) is 72.0 Å². The second-order valence-corrected chi connectivity index (χ2v) is 27.0. The van der Waals surface area contributed by atoms with E-state index in [1.54, 1.807) is 0 Å². The lowest BCUT2D eigenvalue weighted by Crippen LogP contribution is -2.47. The summed E-state index contributed by atoms with van der Waals surface area (Å²) >= 11 is 1.08. The van der Waals surface area contributed by atoms with Crippen molar-refractivity contribution >= 4 is 45.2 Å². The van der Waals surface area contributed by atoms with Gasteiger partial charge in [0.25, 0.3) is 5.91 Å². The quantitative estimate of drug-likeness (QED) is 0.0927. The maximum absolute atomic E-state index is 14.3. The molecule has 0 aliphatic carbocycles. The van der Waals surface area contributed by atoms with Gasteiger partial charge >= 0.3 is 12.4 Å². The zero-order valence-corrected chi connectivity index (χ0v) is 34.6. The summed E-state index contributed by atoms with van der Waals surface area (Å²) in [6.07, 6.45) is -9.84. The van der Waals surface area contributed by atoms with Crippen molar-refractivity contribution in [2.75, 3.05) is 31.2 Å². The fourth-order valence-electron chi connectivity index (χ4n) is 6.56. The van der Waals surface area contributed by atoms with E-state index in [2.05, 4.69) is 58.0 Å². The van der Waals surface area contributed by atoms with Crippen LogP contribution in [0.5, 0.6) is 5.75 Å². The third kappa shape index (κ3) is 10.2. The van der Waals surface area contributed by atoms with Crippen molar-refractivity contribution in [2.24, 2.45) is 0 Å². The number of nitrogens with zero attached hydrogens (tertiary/aromatic N) is 3. The summed E-state index contributed by atoms with van der Waals surface area (Å²) in [6.45, 7) is 21.1. The Morgan fingerprint density at radius 3 is 2.12 bits per heavy atom. The number of ether oxygens (including phenoxy) is 1. The number of halogens is 6. The van der Waals surface area contributed by atoms with Crippen LogP contribution in [0.1, 0.15) is 89.8 Å². The van der Waals surface area contributed by atoms with Crippen molar-refractivity contribution in [1.82, 2.24) is 9.88 Å². The minimum absolute atomic E-state index is 0.0927. The molecule has 2 heterocycles. The second-order valence-electron chi connectivity index (χ2n) is 15.7. The number of benzene rings is 1. The monoisotopic (exact) mass is 791 g/mol. The van der Waals surface area contributed by atoms with Crippen LogP contribution in [-0.4, -0.2) is 76.6 Å². The maximum atomic E-state index is 14.3. The summed E-state index contributed by atoms with van der Waals surface area (Å²) in [7, 11) is -4.38. The number of anilines is 1. The summed E-state index contributed by atoms with van der Waals surface area (Å²) in [5, 5.41) is 1.60. The molecule has 0 radical (unpaired) electrons. The Morgan fingerprint density at radius 1 is 1.00 bits per heavy atom. The molecular weight excluding hydrogens is 741 g/mol. The first-order chi connectivity index (χ1) is 23.7. The van der Waals surface area contributed by atoms with Crippen LogP contribution in [0.25, 0.3) is 0 Å². The fraction of sp³-hybridized carbons (Fsp3) is 0.639. The van der Waals surface area contributed by atoms with Crippen molar-refractivity contribution in [1.29, 1.82) is 0 Å². The number of thiazole rings is 1. The maximum Gasteiger partial charge on any atom is 0.416 e. The van der Waals surface area contributed by atoms with Crippen molar-refractivity contribution in [3.05, 3.63) is 39.8 Å². The highest BCUT2D eigenvalue weighted by atomic mass is 32.1. The standard InChI is InChI=1S/C36H51F6N3O4SSi2/c1-23(2)52(24(3)4,25(5)6)17-13-31-43-29(21-50-31)32(46)45(30-12-14-44(33(30)47)22-35(37,38)39)27-18-26(36(40,41)42)19-28(20-27)48-15-16-49-51(10,11)34(7,8)9/h18-21,23-25,30H,12,14-16,22H2,1-11H3/t30-/m1/s1. The van der Waals surface area contributed by atoms with Crippen LogP contribution in [-0.2, 0) is 15.4 Å². The number of aromatic nitrogens is 1. The first-order valence-corrected chi connectivity index (χ1v) is 23.4. The third-order valence-corrected chi connectivity index (χ3v) is 21.8. The van der Waals surface area contributed by atoms with Gasteiger partial charge in [0.1, 0.15) is 38.7 Å². The summed E-state index contributed by atoms with van der Waals surface area (Å²) < 4.78 is 94.6. The Hall–Kier alpha value is -2.88. The minimum Gasteiger partial charge on any atom is -0.491 e. The van der Waals surface area contributed by atoms with Crippen molar-refractivity contribution in [3.8, 4) is 17.2 Å². The molecule has 0 N–H and O–H groups in total. The van der Waals surface area contributed by atoms with Crippen LogP contribution in [0, 0.1) is 11.5 Å². The number of likely N-dealkylation sites (tertiary alicyclic amines) is 1. The minimum atomic E-state index is -4.88. The van der Waals surface area contributed by atoms with E-state index < -0.39 is 58.7 Å². The Morgan fingerprint density at radius 2 is 1.60 bits per heavy atom. The lowest BCUT2D eigenvalue weighted by molar-refractivity contribution is -0.157. The Labute approximate surface area is 309 Å². The van der Waals surface area contributed by atoms with Crippen molar-refractivity contribution < 1.29 is 45.1 Å². The fourth-order valence-corrected chi connectivity index (χ4v) is 13.5. The molecule has 7 nitrogen and oxygen atoms in total. The highest BCUT2D eigenvalue weighted by Gasteiger charge is 2.45. The van der Waals surface area contributed by atoms with E-state index in [0.717, 1.165) is 22.3 Å². The molecule has 0 bridgehead atoms. The summed E-state index contributed by atoms with van der Waals surface area (Å²) in [5.41, 5.74) is 2.76. The highest BCUT2D eigenvalue weighted by molar-refractivity contribution is 7.10. The molecule has 3 rings (SSSR count). The van der Waals surface area contributed by atoms with Crippen molar-refractivity contribution in [2.45, 2.75) is 122 Å². The molecule has 2 amide bonds. The zero-order chi connectivity index (χ0) is 39.6. The molecule has 1 aromatic heterocycles. The van der Waals surface area contributed by atoms with Gasteiger partial charge in [-0.3, -0.25) is 14.5 Å². The third-order valence-electron chi connectivity index (χ3n) is 10.3. The van der Waals surface area contributed by atoms with Gasteiger partial charge in [-0.1, -0.05) is 62.3 Å². The highest BCUT2D eigenvalue weighted by Crippen LogP contribution is 2.42. The number of carbonyl (C=O) groups is 2. The summed E-state index contributed by atoms with van der Waals surface area (Å²) in [5.74, 6) is 0.924. The smallest absolute Gasteiger partial charge is 0.416 e. The average Bonchev–Trinajstić information content (AvgIpc) is 3.60. The normalized spacial score (nSPS) is 16.2. The predicted octanol–water partition coefficient (Wildman–Crippen LogP) is 9.94. The molecule has 0 unspecified atom stereocenters. The molecule has 2 aromatic rings. The van der Waals surface area contributed by atoms with Gasteiger partial charge < -0.3 is 14.1 Å². The first kappa shape index (κ1) is 43.5. The number of alkyl halides is 6. The molecule has 1 aromatic carbocycles. The average molecular weight is 792 g/mol. The van der Waals surface area contributed by atoms with Gasteiger partial charge in [0.15, 0.2) is 13.3 Å². The summed E-state index contributed by atoms with van der Waals surface area (Å²) in [6, 6.07) is 1.13. The molecule has 1 aliphatic rings. The van der Waals surface area contributed by atoms with Gasteiger partial charge in [-0.15, -0.1) is 16.9 Å². The van der Waals surface area contributed by atoms with Gasteiger partial charge in [-0.25, -0.2) is 4.98 Å². The van der Waals surface area contributed by atoms with Gasteiger partial charge in [-0.05, 0) is 59.2 Å². The van der Waals surface area contributed by atoms with Gasteiger partial charge in [0.05, 0.1) is 12.2 Å². The van der Waals surface area contributed by atoms with Gasteiger partial charge in [0, 0.05) is 23.7 Å². The van der Waals surface area contributed by atoms with E-state index in [1.807, 2.05) is 33.9 Å². The Kier molecular flexibility index (Phi) is 13.6. The number of rotatable bonds is 12. The Bertz CT molecular complexity index is 1620. The largest absolute Gasteiger partial charge is 0.491 e. The second kappa shape index (κ2) is 16.2. The molecule has 1 aliphatic heterocycles. The van der Waals surface area contributed by atoms with Crippen molar-refractivity contribution in [3.63, 3.8) is 0 Å². The summed E-state index contributed by atoms with van der Waals surface area (Å²) in [4.78, 5) is 33.5. The molecule has 1 fully saturated rings. The number of amides is 2. The lowest BCUT2D eigenvalue weighted by atomic mass is 10.1. The van der Waals surface area contributed by atoms with E-state index >= 15 is 0 Å². The molecule has 0 spiro atoms. The van der Waals surface area contributed by atoms with E-state index in [9.17, 15) is 35.9 Å². The number of hydrogen-bond donors (Lipinski definition) is 0. The van der Waals surface area contributed by atoms with Crippen LogP contribution < -0.4 is 9.64 Å². The van der Waals surface area contributed by atoms with Gasteiger partial charge in [-0.2, -0.15) is 26.3 Å². The van der Waals surface area contributed by atoms with Crippen LogP contribution in [0.3, 0.4) is 0 Å². The lowest BCUT2D eigenvalue weighted by Gasteiger charge is -2.37. The molecule has 1 saturated heterocycles. The predicted molar refractivity (Wildman–Crippen MR) is 198 cm³/mol. The van der Waals surface area contributed by atoms with E-state index in [-0.39, 0.29) is 48.3 Å². The van der Waals surface area contributed by atoms with Gasteiger partial charge in [0.2, 0.25) is 5.91 Å². The van der Waals surface area contributed by atoms with Crippen LogP contribution in [0.4, 0.5) is 32.0 Å². The molecular formula is C36H51F6N3O4SSi2. The molecule has 0 saturated carbocycles. The van der Waals surface area contributed by atoms with Crippen LogP contribution in [0.15, 0.2) is 23.6 Å². The van der Waals surface area contributed by atoms with E-state index in [4.69, 9.17) is 9.16 Å². The SMILES string of the molecule is CC(C)[Si](C#Cc1nc(C(=O)N(c2cc(OCCO[Si](C)(C)C(C)(C)C)cc(C(F)(F)F)c2)[C@@H]2CCN(CC(F)(F)F)C2=O)cs1)(C(C)C)C(C)C. The Balaban J connectivity index is 2.09. The van der Waals surface area contributed by atoms with E-state index in [0.29, 0.717) is 32.6 Å². The van der Waals surface area contributed by atoms with E-state index in [1.165, 1.54) is 11.4 Å². The molecule has 16 heteroatoms. The molecule has 1 atom stereocenters.